The lowest BCUT2D eigenvalue weighted by Gasteiger charge is -2.19. The number of hydrogen-bond donors (Lipinski definition) is 1. The summed E-state index contributed by atoms with van der Waals surface area (Å²) in [5.74, 6) is -6.18. The van der Waals surface area contributed by atoms with Gasteiger partial charge in [0.25, 0.3) is 5.91 Å². The number of phenolic OH excluding ortho intramolecular Hbond substituents is 1. The number of halogens is 4. The molecule has 0 saturated carbocycles. The predicted octanol–water partition coefficient (Wildman–Crippen LogP) is 5.30. The van der Waals surface area contributed by atoms with Gasteiger partial charge in [0.1, 0.15) is 11.4 Å². The lowest BCUT2D eigenvalue weighted by atomic mass is 10.1. The van der Waals surface area contributed by atoms with E-state index in [1.54, 1.807) is 20.8 Å². The summed E-state index contributed by atoms with van der Waals surface area (Å²) in [6, 6.07) is 4.12. The number of rotatable bonds is 3. The molecule has 3 rings (SSSR count). The van der Waals surface area contributed by atoms with Crippen LogP contribution >= 0.6 is 11.6 Å². The van der Waals surface area contributed by atoms with Crippen molar-refractivity contribution >= 4 is 34.4 Å². The topological polar surface area (TPSA) is 68.5 Å². The van der Waals surface area contributed by atoms with Gasteiger partial charge in [0.15, 0.2) is 17.4 Å². The van der Waals surface area contributed by atoms with Crippen molar-refractivity contribution in [1.29, 1.82) is 0 Å². The molecule has 1 N–H and O–H groups in total. The fourth-order valence-corrected chi connectivity index (χ4v) is 3.43. The molecule has 9 heteroatoms. The second-order valence-corrected chi connectivity index (χ2v) is 8.42. The monoisotopic (exact) mass is 453 g/mol. The van der Waals surface area contributed by atoms with Crippen molar-refractivity contribution < 1.29 is 32.6 Å². The Kier molecular flexibility index (Phi) is 5.80. The number of aromatic nitrogens is 1. The third-order valence-corrected chi connectivity index (χ3v) is 4.91. The molecule has 0 atom stereocenters. The van der Waals surface area contributed by atoms with E-state index in [0.717, 1.165) is 16.7 Å². The minimum absolute atomic E-state index is 0.0415. The second-order valence-electron chi connectivity index (χ2n) is 8.01. The minimum atomic E-state index is -1.31. The summed E-state index contributed by atoms with van der Waals surface area (Å²) in [7, 11) is 0. The van der Waals surface area contributed by atoms with Gasteiger partial charge in [-0.15, -0.1) is 0 Å². The van der Waals surface area contributed by atoms with Gasteiger partial charge in [-0.25, -0.2) is 13.2 Å². The Bertz CT molecular complexity index is 1230. The van der Waals surface area contributed by atoms with Crippen molar-refractivity contribution in [1.82, 2.24) is 4.57 Å². The predicted molar refractivity (Wildman–Crippen MR) is 109 cm³/mol. The van der Waals surface area contributed by atoms with Gasteiger partial charge in [-0.05, 0) is 51.5 Å². The lowest BCUT2D eigenvalue weighted by molar-refractivity contribution is -0.153. The van der Waals surface area contributed by atoms with Crippen LogP contribution in [0.3, 0.4) is 0 Å². The Hall–Kier alpha value is -3.00. The Morgan fingerprint density at radius 1 is 1.13 bits per heavy atom. The van der Waals surface area contributed by atoms with Gasteiger partial charge in [0, 0.05) is 22.7 Å². The van der Waals surface area contributed by atoms with Gasteiger partial charge in [-0.3, -0.25) is 14.2 Å². The average Bonchev–Trinajstić information content (AvgIpc) is 2.91. The minimum Gasteiger partial charge on any atom is -0.503 e. The zero-order chi connectivity index (χ0) is 23.2. The van der Waals surface area contributed by atoms with Crippen LogP contribution in [0.4, 0.5) is 13.2 Å². The number of carbonyl (C=O) groups is 2. The van der Waals surface area contributed by atoms with Crippen LogP contribution < -0.4 is 0 Å². The van der Waals surface area contributed by atoms with E-state index in [2.05, 4.69) is 0 Å². The molecule has 0 bridgehead atoms. The number of benzene rings is 2. The summed E-state index contributed by atoms with van der Waals surface area (Å²) in [5.41, 5.74) is -0.999. The van der Waals surface area contributed by atoms with E-state index >= 15 is 0 Å². The van der Waals surface area contributed by atoms with Gasteiger partial charge in [-0.1, -0.05) is 11.6 Å². The van der Waals surface area contributed by atoms with E-state index < -0.39 is 47.1 Å². The Morgan fingerprint density at radius 3 is 2.35 bits per heavy atom. The first-order valence-electron chi connectivity index (χ1n) is 9.24. The van der Waals surface area contributed by atoms with Crippen molar-refractivity contribution in [2.24, 2.45) is 0 Å². The Balaban J connectivity index is 2.24. The summed E-state index contributed by atoms with van der Waals surface area (Å²) in [6.45, 7) is 6.39. The number of aromatic hydroxyl groups is 1. The number of nitrogens with zero attached hydrogens (tertiary/aromatic N) is 1. The first kappa shape index (κ1) is 22.7. The molecule has 0 aliphatic carbocycles. The van der Waals surface area contributed by atoms with Gasteiger partial charge < -0.3 is 9.84 Å². The molecule has 0 aliphatic rings. The molecule has 1 aromatic heterocycles. The molecule has 5 nitrogen and oxygen atoms in total. The molecule has 0 unspecified atom stereocenters. The molecule has 0 amide bonds. The highest BCUT2D eigenvalue weighted by Crippen LogP contribution is 2.36. The van der Waals surface area contributed by atoms with Gasteiger partial charge in [0.2, 0.25) is 0 Å². The zero-order valence-electron chi connectivity index (χ0n) is 17.1. The Labute approximate surface area is 181 Å². The van der Waals surface area contributed by atoms with Crippen LogP contribution in [0.25, 0.3) is 10.9 Å². The van der Waals surface area contributed by atoms with Crippen molar-refractivity contribution in [2.75, 3.05) is 0 Å². The maximum absolute atomic E-state index is 14.8. The smallest absolute Gasteiger partial charge is 0.310 e. The first-order valence-corrected chi connectivity index (χ1v) is 9.62. The van der Waals surface area contributed by atoms with Crippen LogP contribution in [0.5, 0.6) is 5.75 Å². The van der Waals surface area contributed by atoms with E-state index in [-0.39, 0.29) is 32.7 Å². The van der Waals surface area contributed by atoms with Crippen LogP contribution in [0, 0.1) is 24.4 Å². The highest BCUT2D eigenvalue weighted by atomic mass is 35.5. The first-order chi connectivity index (χ1) is 14.3. The maximum atomic E-state index is 14.8. The van der Waals surface area contributed by atoms with Crippen molar-refractivity contribution in [3.8, 4) is 5.75 Å². The van der Waals surface area contributed by atoms with Crippen LogP contribution in [0.1, 0.15) is 42.4 Å². The molecule has 0 aliphatic heterocycles. The van der Waals surface area contributed by atoms with E-state index in [1.807, 2.05) is 0 Å². The SMILES string of the molecule is Cc1c(CC(=O)OC(C)(C)C)c2c(F)c(O)c(F)cc2n1C(=O)c1ccc(Cl)c(F)c1. The van der Waals surface area contributed by atoms with E-state index in [9.17, 15) is 27.9 Å². The van der Waals surface area contributed by atoms with E-state index in [1.165, 1.54) is 19.1 Å². The molecule has 31 heavy (non-hydrogen) atoms. The lowest BCUT2D eigenvalue weighted by Crippen LogP contribution is -2.25. The summed E-state index contributed by atoms with van der Waals surface area (Å²) in [5, 5.41) is 9.25. The number of fused-ring (bicyclic) bond motifs is 1. The summed E-state index contributed by atoms with van der Waals surface area (Å²) >= 11 is 5.66. The van der Waals surface area contributed by atoms with Crippen LogP contribution in [0.2, 0.25) is 5.02 Å². The number of ether oxygens (including phenoxy) is 1. The largest absolute Gasteiger partial charge is 0.503 e. The molecule has 0 spiro atoms. The van der Waals surface area contributed by atoms with Crippen LogP contribution in [-0.2, 0) is 16.0 Å². The molecule has 1 heterocycles. The molecule has 2 aromatic carbocycles. The highest BCUT2D eigenvalue weighted by molar-refractivity contribution is 6.30. The standard InChI is InChI=1S/C22H19ClF3NO4/c1-10-12(8-17(28)31-22(2,3)4)18-16(9-15(25)20(29)19(18)26)27(10)21(30)11-5-6-13(23)14(24)7-11/h5-7,9,29H,8H2,1-4H3. The normalized spacial score (nSPS) is 11.7. The molecular formula is C22H19ClF3NO4. The fraction of sp³-hybridized carbons (Fsp3) is 0.273. The third-order valence-electron chi connectivity index (χ3n) is 4.60. The molecule has 0 saturated heterocycles. The quantitative estimate of drug-likeness (QED) is 0.546. The second kappa shape index (κ2) is 7.92. The number of phenols is 1. The summed E-state index contributed by atoms with van der Waals surface area (Å²) in [4.78, 5) is 25.5. The number of carbonyl (C=O) groups excluding carboxylic acids is 2. The van der Waals surface area contributed by atoms with E-state index in [0.29, 0.717) is 0 Å². The zero-order valence-corrected chi connectivity index (χ0v) is 17.9. The van der Waals surface area contributed by atoms with Crippen molar-refractivity contribution in [2.45, 2.75) is 39.7 Å². The molecule has 3 aromatic rings. The summed E-state index contributed by atoms with van der Waals surface area (Å²) in [6.07, 6.45) is -0.434. The highest BCUT2D eigenvalue weighted by Gasteiger charge is 2.28. The number of esters is 1. The summed E-state index contributed by atoms with van der Waals surface area (Å²) < 4.78 is 49.1. The van der Waals surface area contributed by atoms with Crippen LogP contribution in [0.15, 0.2) is 24.3 Å². The maximum Gasteiger partial charge on any atom is 0.310 e. The van der Waals surface area contributed by atoms with Gasteiger partial charge in [-0.2, -0.15) is 0 Å². The van der Waals surface area contributed by atoms with Gasteiger partial charge >= 0.3 is 5.97 Å². The fourth-order valence-electron chi connectivity index (χ4n) is 3.31. The van der Waals surface area contributed by atoms with Crippen molar-refractivity contribution in [3.63, 3.8) is 0 Å². The van der Waals surface area contributed by atoms with E-state index in [4.69, 9.17) is 16.3 Å². The third kappa shape index (κ3) is 4.25. The molecule has 0 radical (unpaired) electrons. The van der Waals surface area contributed by atoms with Gasteiger partial charge in [0.05, 0.1) is 17.0 Å². The number of hydrogen-bond acceptors (Lipinski definition) is 4. The Morgan fingerprint density at radius 2 is 1.77 bits per heavy atom. The molecular weight excluding hydrogens is 435 g/mol. The average molecular weight is 454 g/mol. The van der Waals surface area contributed by atoms with Crippen LogP contribution in [-0.4, -0.2) is 27.2 Å². The molecule has 164 valence electrons. The molecule has 0 fully saturated rings. The van der Waals surface area contributed by atoms with Crippen molar-refractivity contribution in [3.05, 3.63) is 63.6 Å².